The number of allylic oxidation sites excluding steroid dienone is 8. The molecule has 0 spiro atoms. The van der Waals surface area contributed by atoms with Gasteiger partial charge >= 0.3 is 91.9 Å². The topological polar surface area (TPSA) is 0 Å². The zero-order chi connectivity index (χ0) is 9.36. The molecule has 2 aliphatic rings. The van der Waals surface area contributed by atoms with Gasteiger partial charge in [-0.2, -0.15) is 0 Å². The first kappa shape index (κ1) is 9.40. The summed E-state index contributed by atoms with van der Waals surface area (Å²) < 4.78 is 0.855. The van der Waals surface area contributed by atoms with Crippen LogP contribution >= 0.6 is 0 Å². The molecule has 0 unspecified atom stereocenters. The maximum absolute atomic E-state index is 2.37. The van der Waals surface area contributed by atoms with Gasteiger partial charge in [-0.15, -0.1) is 0 Å². The van der Waals surface area contributed by atoms with Gasteiger partial charge in [0, 0.05) is 0 Å². The van der Waals surface area contributed by atoms with Gasteiger partial charge in [-0.1, -0.05) is 0 Å². The maximum atomic E-state index is 2.37. The molecule has 0 amide bonds. The fourth-order valence-electron chi connectivity index (χ4n) is 1.88. The van der Waals surface area contributed by atoms with E-state index in [0.717, 1.165) is 0 Å². The normalized spacial score (nSPS) is 25.7. The Morgan fingerprint density at radius 1 is 0.692 bits per heavy atom. The van der Waals surface area contributed by atoms with E-state index >= 15 is 0 Å². The van der Waals surface area contributed by atoms with Gasteiger partial charge in [0.25, 0.3) is 0 Å². The van der Waals surface area contributed by atoms with Crippen LogP contribution in [0.25, 0.3) is 0 Å². The van der Waals surface area contributed by atoms with Crippen molar-refractivity contribution >= 4 is 0 Å². The summed E-state index contributed by atoms with van der Waals surface area (Å²) in [5.74, 6) is 0. The van der Waals surface area contributed by atoms with E-state index in [2.05, 4.69) is 62.5 Å². The van der Waals surface area contributed by atoms with E-state index in [1.165, 1.54) is 0 Å². The molecule has 0 bridgehead atoms. The third kappa shape index (κ3) is 2.02. The van der Waals surface area contributed by atoms with E-state index in [1.54, 1.807) is 0 Å². The van der Waals surface area contributed by atoms with Crippen LogP contribution in [0.1, 0.15) is 13.8 Å². The van der Waals surface area contributed by atoms with Crippen LogP contribution in [0.4, 0.5) is 0 Å². The summed E-state index contributed by atoms with van der Waals surface area (Å²) >= 11 is -0.477. The van der Waals surface area contributed by atoms with Crippen LogP contribution in [-0.2, 0) is 23.2 Å². The molecule has 0 aromatic rings. The molecule has 0 aromatic heterocycles. The number of rotatable bonds is 2. The van der Waals surface area contributed by atoms with Crippen LogP contribution in [0.2, 0.25) is 6.25 Å². The molecule has 2 aliphatic carbocycles. The molecule has 0 fully saturated rings. The van der Waals surface area contributed by atoms with E-state index in [4.69, 9.17) is 0 Å². The first-order chi connectivity index (χ1) is 6.12. The molecule has 1 heteroatoms. The molecular formula is C12H14Zr. The van der Waals surface area contributed by atoms with Crippen molar-refractivity contribution in [3.63, 3.8) is 0 Å². The second-order valence-electron chi connectivity index (χ2n) is 4.13. The molecule has 0 N–H and O–H groups in total. The van der Waals surface area contributed by atoms with Crippen molar-refractivity contribution in [3.05, 3.63) is 48.6 Å². The van der Waals surface area contributed by atoms with Gasteiger partial charge in [-0.05, 0) is 0 Å². The summed E-state index contributed by atoms with van der Waals surface area (Å²) in [6, 6.07) is 0. The van der Waals surface area contributed by atoms with Crippen molar-refractivity contribution < 1.29 is 23.2 Å². The molecule has 0 radical (unpaired) electrons. The van der Waals surface area contributed by atoms with Crippen molar-refractivity contribution in [1.82, 2.24) is 0 Å². The third-order valence-electron chi connectivity index (χ3n) is 2.53. The average molecular weight is 249 g/mol. The van der Waals surface area contributed by atoms with Crippen molar-refractivity contribution in [1.29, 1.82) is 0 Å². The van der Waals surface area contributed by atoms with Crippen LogP contribution in [0.3, 0.4) is 0 Å². The Bertz CT molecular complexity index is 262. The molecule has 2 rings (SSSR count). The molecule has 0 atom stereocenters. The zero-order valence-corrected chi connectivity index (χ0v) is 10.6. The fraction of sp³-hybridized carbons (Fsp3) is 0.333. The van der Waals surface area contributed by atoms with Crippen LogP contribution in [0.15, 0.2) is 48.6 Å². The Hall–Kier alpha value is -0.157. The minimum atomic E-state index is -0.477. The van der Waals surface area contributed by atoms with Crippen LogP contribution in [0, 0.1) is 0 Å². The number of hydrogen-bond acceptors (Lipinski definition) is 0. The van der Waals surface area contributed by atoms with Crippen molar-refractivity contribution in [3.8, 4) is 0 Å². The quantitative estimate of drug-likeness (QED) is 0.700. The molecular weight excluding hydrogens is 235 g/mol. The van der Waals surface area contributed by atoms with Crippen LogP contribution < -0.4 is 0 Å². The molecule has 0 saturated carbocycles. The predicted molar refractivity (Wildman–Crippen MR) is 53.3 cm³/mol. The SMILES string of the molecule is C[C]1([Zr][C]2(C)C=CC=C2)C=CC=C1. The van der Waals surface area contributed by atoms with Gasteiger partial charge < -0.3 is 0 Å². The molecule has 0 nitrogen and oxygen atoms in total. The Kier molecular flexibility index (Phi) is 2.32. The van der Waals surface area contributed by atoms with Crippen molar-refractivity contribution in [2.45, 2.75) is 20.1 Å². The Balaban J connectivity index is 2.14. The summed E-state index contributed by atoms with van der Waals surface area (Å²) in [6.45, 7) is 4.73. The second-order valence-corrected chi connectivity index (χ2v) is 10.0. The van der Waals surface area contributed by atoms with E-state index < -0.39 is 23.2 Å². The molecule has 0 heterocycles. The third-order valence-corrected chi connectivity index (χ3v) is 6.82. The predicted octanol–water partition coefficient (Wildman–Crippen LogP) is 3.68. The van der Waals surface area contributed by atoms with E-state index in [9.17, 15) is 0 Å². The first-order valence-corrected chi connectivity index (χ1v) is 7.11. The second kappa shape index (κ2) is 3.21. The van der Waals surface area contributed by atoms with Crippen molar-refractivity contribution in [2.24, 2.45) is 0 Å². The Labute approximate surface area is 91.7 Å². The summed E-state index contributed by atoms with van der Waals surface area (Å²) in [5.41, 5.74) is 0. The van der Waals surface area contributed by atoms with Gasteiger partial charge in [0.1, 0.15) is 0 Å². The first-order valence-electron chi connectivity index (χ1n) is 4.65. The zero-order valence-electron chi connectivity index (χ0n) is 8.12. The number of hydrogen-bond donors (Lipinski definition) is 0. The molecule has 66 valence electrons. The molecule has 0 aliphatic heterocycles. The van der Waals surface area contributed by atoms with Gasteiger partial charge in [-0.25, -0.2) is 0 Å². The Morgan fingerprint density at radius 3 is 1.31 bits per heavy atom. The molecule has 0 saturated heterocycles. The van der Waals surface area contributed by atoms with E-state index in [0.29, 0.717) is 6.25 Å². The average Bonchev–Trinajstić information content (AvgIpc) is 2.60. The summed E-state index contributed by atoms with van der Waals surface area (Å²) in [5, 5.41) is 0. The monoisotopic (exact) mass is 248 g/mol. The Morgan fingerprint density at radius 2 is 1.00 bits per heavy atom. The van der Waals surface area contributed by atoms with Gasteiger partial charge in [0.2, 0.25) is 0 Å². The van der Waals surface area contributed by atoms with Crippen LogP contribution in [0.5, 0.6) is 0 Å². The van der Waals surface area contributed by atoms with Gasteiger partial charge in [0.15, 0.2) is 0 Å². The van der Waals surface area contributed by atoms with Crippen molar-refractivity contribution in [2.75, 3.05) is 0 Å². The van der Waals surface area contributed by atoms with Gasteiger partial charge in [0.05, 0.1) is 0 Å². The summed E-state index contributed by atoms with van der Waals surface area (Å²) in [6.07, 6.45) is 18.2. The van der Waals surface area contributed by atoms with Crippen LogP contribution in [-0.4, -0.2) is 0 Å². The van der Waals surface area contributed by atoms with Gasteiger partial charge in [-0.3, -0.25) is 0 Å². The summed E-state index contributed by atoms with van der Waals surface area (Å²) in [7, 11) is 0. The van der Waals surface area contributed by atoms with E-state index in [-0.39, 0.29) is 0 Å². The van der Waals surface area contributed by atoms with E-state index in [1.807, 2.05) is 0 Å². The fourth-order valence-corrected chi connectivity index (χ4v) is 6.50. The standard InChI is InChI=1S/2C6H7.Zr/c2*1-6-4-2-3-5-6;/h2*2-5H,1H3;. The molecule has 13 heavy (non-hydrogen) atoms. The summed E-state index contributed by atoms with van der Waals surface area (Å²) in [4.78, 5) is 0. The molecule has 0 aromatic carbocycles. The minimum absolute atomic E-state index is 0.428.